The maximum atomic E-state index is 13.4. The highest BCUT2D eigenvalue weighted by atomic mass is 32.1. The van der Waals surface area contributed by atoms with Gasteiger partial charge in [0.25, 0.3) is 0 Å². The fraction of sp³-hybridized carbons (Fsp3) is 0.316. The van der Waals surface area contributed by atoms with Gasteiger partial charge in [-0.3, -0.25) is 4.79 Å². The molecule has 2 aromatic heterocycles. The third-order valence-corrected chi connectivity index (χ3v) is 5.72. The van der Waals surface area contributed by atoms with Crippen molar-refractivity contribution >= 4 is 33.8 Å². The molecule has 1 aliphatic rings. The largest absolute Gasteiger partial charge is 0.352 e. The highest BCUT2D eigenvalue weighted by Crippen LogP contribution is 2.41. The molecule has 4 rings (SSSR count). The van der Waals surface area contributed by atoms with Gasteiger partial charge in [-0.05, 0) is 31.5 Å². The van der Waals surface area contributed by atoms with Crippen LogP contribution in [0.4, 0.5) is 10.2 Å². The Morgan fingerprint density at radius 1 is 1.08 bits per heavy atom. The number of hydrogen-bond acceptors (Lipinski definition) is 5. The standard InChI is InChI=1S/C19H19FN4OS/c1-12-16(14-3-5-15(20)6-4-14)17-18(21-13(2)22-19(17)26-12)24-9-7-23(11-25)8-10-24/h3-6,11H,7-10H2,1-2H3. The van der Waals surface area contributed by atoms with Crippen molar-refractivity contribution in [1.82, 2.24) is 14.9 Å². The molecule has 3 heterocycles. The van der Waals surface area contributed by atoms with Gasteiger partial charge in [0.05, 0.1) is 5.39 Å². The Morgan fingerprint density at radius 3 is 2.42 bits per heavy atom. The lowest BCUT2D eigenvalue weighted by Crippen LogP contribution is -2.46. The monoisotopic (exact) mass is 370 g/mol. The summed E-state index contributed by atoms with van der Waals surface area (Å²) in [6, 6.07) is 6.57. The van der Waals surface area contributed by atoms with Crippen molar-refractivity contribution < 1.29 is 9.18 Å². The molecule has 0 spiro atoms. The highest BCUT2D eigenvalue weighted by Gasteiger charge is 2.24. The summed E-state index contributed by atoms with van der Waals surface area (Å²) in [5.74, 6) is 1.39. The Balaban J connectivity index is 1.87. The molecule has 0 atom stereocenters. The van der Waals surface area contributed by atoms with Crippen LogP contribution >= 0.6 is 11.3 Å². The van der Waals surface area contributed by atoms with E-state index in [2.05, 4.69) is 16.8 Å². The fourth-order valence-electron chi connectivity index (χ4n) is 3.43. The molecule has 26 heavy (non-hydrogen) atoms. The number of aromatic nitrogens is 2. The average molecular weight is 370 g/mol. The molecule has 0 radical (unpaired) electrons. The number of amides is 1. The van der Waals surface area contributed by atoms with Gasteiger partial charge in [-0.25, -0.2) is 14.4 Å². The van der Waals surface area contributed by atoms with Crippen LogP contribution in [0.5, 0.6) is 0 Å². The highest BCUT2D eigenvalue weighted by molar-refractivity contribution is 7.19. The maximum Gasteiger partial charge on any atom is 0.209 e. The van der Waals surface area contributed by atoms with E-state index in [1.807, 2.05) is 6.92 Å². The number of thiophene rings is 1. The van der Waals surface area contributed by atoms with Crippen LogP contribution < -0.4 is 4.90 Å². The molecule has 1 aromatic carbocycles. The molecule has 1 fully saturated rings. The zero-order valence-corrected chi connectivity index (χ0v) is 15.5. The van der Waals surface area contributed by atoms with Crippen molar-refractivity contribution in [1.29, 1.82) is 0 Å². The zero-order chi connectivity index (χ0) is 18.3. The van der Waals surface area contributed by atoms with Crippen molar-refractivity contribution in [2.45, 2.75) is 13.8 Å². The summed E-state index contributed by atoms with van der Waals surface area (Å²) >= 11 is 1.64. The van der Waals surface area contributed by atoms with Crippen LogP contribution in [-0.2, 0) is 4.79 Å². The first-order chi connectivity index (χ1) is 12.6. The summed E-state index contributed by atoms with van der Waals surface area (Å²) in [6.07, 6.45) is 0.900. The number of fused-ring (bicyclic) bond motifs is 1. The smallest absolute Gasteiger partial charge is 0.209 e. The maximum absolute atomic E-state index is 13.4. The summed E-state index contributed by atoms with van der Waals surface area (Å²) in [5.41, 5.74) is 2.04. The van der Waals surface area contributed by atoms with Crippen LogP contribution in [0.25, 0.3) is 21.3 Å². The zero-order valence-electron chi connectivity index (χ0n) is 14.7. The number of aryl methyl sites for hydroxylation is 2. The van der Waals surface area contributed by atoms with Gasteiger partial charge in [0.1, 0.15) is 22.3 Å². The lowest BCUT2D eigenvalue weighted by Gasteiger charge is -2.33. The molecule has 1 saturated heterocycles. The van der Waals surface area contributed by atoms with Gasteiger partial charge >= 0.3 is 0 Å². The third-order valence-electron chi connectivity index (χ3n) is 4.72. The van der Waals surface area contributed by atoms with Gasteiger partial charge < -0.3 is 9.80 Å². The molecule has 0 saturated carbocycles. The second-order valence-corrected chi connectivity index (χ2v) is 7.65. The number of rotatable bonds is 3. The van der Waals surface area contributed by atoms with Crippen molar-refractivity contribution in [2.75, 3.05) is 31.1 Å². The van der Waals surface area contributed by atoms with Gasteiger partial charge in [0, 0.05) is 36.6 Å². The molecular formula is C19H19FN4OS. The minimum atomic E-state index is -0.247. The first kappa shape index (κ1) is 16.9. The van der Waals surface area contributed by atoms with Gasteiger partial charge in [0.15, 0.2) is 0 Å². The quantitative estimate of drug-likeness (QED) is 0.663. The van der Waals surface area contributed by atoms with E-state index in [0.29, 0.717) is 13.1 Å². The number of carbonyl (C=O) groups is 1. The van der Waals surface area contributed by atoms with Crippen molar-refractivity contribution in [3.63, 3.8) is 0 Å². The Morgan fingerprint density at radius 2 is 1.77 bits per heavy atom. The SMILES string of the molecule is Cc1nc(N2CCN(C=O)CC2)c2c(-c3ccc(F)cc3)c(C)sc2n1. The molecule has 0 unspecified atom stereocenters. The molecule has 0 bridgehead atoms. The Bertz CT molecular complexity index is 962. The van der Waals surface area contributed by atoms with Crippen molar-refractivity contribution in [3.05, 3.63) is 40.8 Å². The number of benzene rings is 1. The third kappa shape index (κ3) is 2.92. The molecule has 134 valence electrons. The second kappa shape index (κ2) is 6.64. The lowest BCUT2D eigenvalue weighted by atomic mass is 10.0. The van der Waals surface area contributed by atoms with Crippen LogP contribution in [0.2, 0.25) is 0 Å². The predicted molar refractivity (Wildman–Crippen MR) is 102 cm³/mol. The minimum Gasteiger partial charge on any atom is -0.352 e. The topological polar surface area (TPSA) is 49.3 Å². The Labute approximate surface area is 155 Å². The van der Waals surface area contributed by atoms with Crippen LogP contribution in [-0.4, -0.2) is 47.5 Å². The van der Waals surface area contributed by atoms with Crippen molar-refractivity contribution in [3.8, 4) is 11.1 Å². The van der Waals surface area contributed by atoms with E-state index in [1.165, 1.54) is 12.1 Å². The number of piperazine rings is 1. The normalized spacial score (nSPS) is 14.9. The van der Waals surface area contributed by atoms with E-state index in [4.69, 9.17) is 4.98 Å². The number of hydrogen-bond donors (Lipinski definition) is 0. The minimum absolute atomic E-state index is 0.247. The predicted octanol–water partition coefficient (Wildman–Crippen LogP) is 3.39. The molecule has 0 aliphatic carbocycles. The van der Waals surface area contributed by atoms with E-state index in [0.717, 1.165) is 57.4 Å². The van der Waals surface area contributed by atoms with Crippen LogP contribution in [0.1, 0.15) is 10.7 Å². The molecule has 0 N–H and O–H groups in total. The summed E-state index contributed by atoms with van der Waals surface area (Å²) in [7, 11) is 0. The van der Waals surface area contributed by atoms with Crippen LogP contribution in [0.3, 0.4) is 0 Å². The second-order valence-electron chi connectivity index (χ2n) is 6.44. The molecular weight excluding hydrogens is 351 g/mol. The molecule has 5 nitrogen and oxygen atoms in total. The number of nitrogens with zero attached hydrogens (tertiary/aromatic N) is 4. The van der Waals surface area contributed by atoms with E-state index >= 15 is 0 Å². The number of carbonyl (C=O) groups excluding carboxylic acids is 1. The first-order valence-electron chi connectivity index (χ1n) is 8.55. The number of halogens is 1. The number of anilines is 1. The first-order valence-corrected chi connectivity index (χ1v) is 9.36. The van der Waals surface area contributed by atoms with E-state index < -0.39 is 0 Å². The Hall–Kier alpha value is -2.54. The Kier molecular flexibility index (Phi) is 4.32. The average Bonchev–Trinajstić information content (AvgIpc) is 2.97. The van der Waals surface area contributed by atoms with Crippen LogP contribution in [0, 0.1) is 19.7 Å². The summed E-state index contributed by atoms with van der Waals surface area (Å²) < 4.78 is 13.4. The summed E-state index contributed by atoms with van der Waals surface area (Å²) in [4.78, 5) is 26.4. The van der Waals surface area contributed by atoms with Gasteiger partial charge in [-0.2, -0.15) is 0 Å². The van der Waals surface area contributed by atoms with Crippen LogP contribution in [0.15, 0.2) is 24.3 Å². The molecule has 1 aliphatic heterocycles. The van der Waals surface area contributed by atoms with Gasteiger partial charge in [-0.1, -0.05) is 12.1 Å². The van der Waals surface area contributed by atoms with E-state index in [1.54, 1.807) is 28.4 Å². The van der Waals surface area contributed by atoms with Gasteiger partial charge in [-0.15, -0.1) is 11.3 Å². The molecule has 7 heteroatoms. The summed E-state index contributed by atoms with van der Waals surface area (Å²) in [6.45, 7) is 6.81. The lowest BCUT2D eigenvalue weighted by molar-refractivity contribution is -0.118. The molecule has 3 aromatic rings. The van der Waals surface area contributed by atoms with E-state index in [9.17, 15) is 9.18 Å². The van der Waals surface area contributed by atoms with Crippen molar-refractivity contribution in [2.24, 2.45) is 0 Å². The van der Waals surface area contributed by atoms with E-state index in [-0.39, 0.29) is 5.82 Å². The van der Waals surface area contributed by atoms with Gasteiger partial charge in [0.2, 0.25) is 6.41 Å². The fourth-order valence-corrected chi connectivity index (χ4v) is 4.51. The summed E-state index contributed by atoms with van der Waals surface area (Å²) in [5, 5.41) is 1.02. The molecule has 1 amide bonds.